The molecule has 3 aromatic rings. The van der Waals surface area contributed by atoms with Gasteiger partial charge in [0.25, 0.3) is 5.91 Å². The number of benzene rings is 1. The third-order valence-electron chi connectivity index (χ3n) is 5.11. The molecule has 2 fully saturated rings. The van der Waals surface area contributed by atoms with Crippen LogP contribution in [0.25, 0.3) is 11.5 Å². The maximum absolute atomic E-state index is 12.4. The number of nitrogens with one attached hydrogen (secondary N) is 1. The Morgan fingerprint density at radius 3 is 2.66 bits per heavy atom. The zero-order chi connectivity index (χ0) is 19.6. The molecule has 9 nitrogen and oxygen atoms in total. The van der Waals surface area contributed by atoms with Gasteiger partial charge in [0.15, 0.2) is 5.69 Å². The van der Waals surface area contributed by atoms with Crippen LogP contribution < -0.4 is 10.2 Å². The average molecular weight is 395 g/mol. The summed E-state index contributed by atoms with van der Waals surface area (Å²) >= 11 is 0. The van der Waals surface area contributed by atoms with Gasteiger partial charge in [-0.1, -0.05) is 10.3 Å². The first-order valence-corrected chi connectivity index (χ1v) is 9.77. The average Bonchev–Trinajstić information content (AvgIpc) is 3.31. The van der Waals surface area contributed by atoms with Crippen molar-refractivity contribution >= 4 is 11.6 Å². The number of hydrogen-bond acceptors (Lipinski definition) is 8. The molecule has 0 spiro atoms. The molecule has 2 aliphatic rings. The number of ether oxygens (including phenoxy) is 1. The molecule has 1 saturated carbocycles. The maximum atomic E-state index is 12.4. The van der Waals surface area contributed by atoms with Gasteiger partial charge in [-0.2, -0.15) is 4.98 Å². The lowest BCUT2D eigenvalue weighted by atomic mass is 10.1. The number of morpholine rings is 1. The summed E-state index contributed by atoms with van der Waals surface area (Å²) in [4.78, 5) is 18.9. The summed E-state index contributed by atoms with van der Waals surface area (Å²) in [6.45, 7) is 3.32. The van der Waals surface area contributed by atoms with Crippen molar-refractivity contribution < 1.29 is 18.6 Å². The number of nitrogens with zero attached hydrogens (tertiary/aromatic N) is 4. The van der Waals surface area contributed by atoms with Gasteiger partial charge in [-0.05, 0) is 37.1 Å². The number of amides is 1. The Bertz CT molecular complexity index is 986. The fourth-order valence-corrected chi connectivity index (χ4v) is 3.29. The van der Waals surface area contributed by atoms with Gasteiger partial charge >= 0.3 is 0 Å². The Morgan fingerprint density at radius 1 is 1.10 bits per heavy atom. The van der Waals surface area contributed by atoms with Crippen LogP contribution >= 0.6 is 0 Å². The molecular formula is C20H21N5O4. The van der Waals surface area contributed by atoms with Crippen LogP contribution in [-0.4, -0.2) is 47.5 Å². The highest BCUT2D eigenvalue weighted by atomic mass is 16.5. The molecule has 1 N–H and O–H groups in total. The van der Waals surface area contributed by atoms with Crippen molar-refractivity contribution in [2.75, 3.05) is 31.2 Å². The molecule has 1 aliphatic carbocycles. The summed E-state index contributed by atoms with van der Waals surface area (Å²) in [6, 6.07) is 9.38. The zero-order valence-corrected chi connectivity index (χ0v) is 15.8. The summed E-state index contributed by atoms with van der Waals surface area (Å²) in [7, 11) is 0. The van der Waals surface area contributed by atoms with Crippen molar-refractivity contribution in [2.45, 2.75) is 25.3 Å². The van der Waals surface area contributed by atoms with E-state index in [1.54, 1.807) is 0 Å². The molecular weight excluding hydrogens is 374 g/mol. The normalized spacial score (nSPS) is 16.8. The minimum atomic E-state index is -0.198. The molecule has 0 unspecified atom stereocenters. The monoisotopic (exact) mass is 395 g/mol. The molecule has 1 amide bonds. The molecule has 1 aromatic carbocycles. The van der Waals surface area contributed by atoms with E-state index >= 15 is 0 Å². The van der Waals surface area contributed by atoms with Crippen LogP contribution in [0.1, 0.15) is 40.8 Å². The molecule has 2 aromatic heterocycles. The molecule has 29 heavy (non-hydrogen) atoms. The van der Waals surface area contributed by atoms with Crippen LogP contribution in [0, 0.1) is 0 Å². The largest absolute Gasteiger partial charge is 0.378 e. The van der Waals surface area contributed by atoms with Gasteiger partial charge in [-0.15, -0.1) is 0 Å². The number of carbonyl (C=O) groups is 1. The molecule has 5 rings (SSSR count). The predicted octanol–water partition coefficient (Wildman–Crippen LogP) is 2.37. The minimum Gasteiger partial charge on any atom is -0.378 e. The van der Waals surface area contributed by atoms with Crippen LogP contribution in [0.5, 0.6) is 0 Å². The minimum absolute atomic E-state index is 0.143. The standard InChI is InChI=1S/C20H21N5O4/c26-20(14-3-5-15(6-4-14)25-7-9-27-10-8-25)21-12-18-22-19(24-29-18)16-11-17(28-23-16)13-1-2-13/h3-6,11,13H,1-2,7-10,12H2,(H,21,26). The number of hydrogen-bond donors (Lipinski definition) is 1. The van der Waals surface area contributed by atoms with Crippen LogP contribution in [0.15, 0.2) is 39.4 Å². The molecule has 0 radical (unpaired) electrons. The first kappa shape index (κ1) is 17.9. The van der Waals surface area contributed by atoms with E-state index in [-0.39, 0.29) is 12.5 Å². The Balaban J connectivity index is 1.17. The third-order valence-corrected chi connectivity index (χ3v) is 5.11. The van der Waals surface area contributed by atoms with E-state index in [1.165, 1.54) is 0 Å². The van der Waals surface area contributed by atoms with Crippen LogP contribution in [0.3, 0.4) is 0 Å². The topological polar surface area (TPSA) is 107 Å². The first-order valence-electron chi connectivity index (χ1n) is 9.77. The summed E-state index contributed by atoms with van der Waals surface area (Å²) in [5.41, 5.74) is 2.21. The van der Waals surface area contributed by atoms with E-state index in [2.05, 4.69) is 25.5 Å². The summed E-state index contributed by atoms with van der Waals surface area (Å²) < 4.78 is 15.9. The molecule has 150 valence electrons. The highest BCUT2D eigenvalue weighted by Gasteiger charge is 2.28. The number of carbonyl (C=O) groups excluding carboxylic acids is 1. The van der Waals surface area contributed by atoms with Crippen LogP contribution in [0.2, 0.25) is 0 Å². The van der Waals surface area contributed by atoms with Crippen molar-refractivity contribution in [2.24, 2.45) is 0 Å². The van der Waals surface area contributed by atoms with Crippen molar-refractivity contribution in [1.29, 1.82) is 0 Å². The third kappa shape index (κ3) is 4.00. The lowest BCUT2D eigenvalue weighted by Crippen LogP contribution is -2.36. The van der Waals surface area contributed by atoms with Gasteiger partial charge in [-0.3, -0.25) is 4.79 Å². The first-order chi connectivity index (χ1) is 14.3. The van der Waals surface area contributed by atoms with E-state index in [4.69, 9.17) is 13.8 Å². The summed E-state index contributed by atoms with van der Waals surface area (Å²) in [5.74, 6) is 1.81. The van der Waals surface area contributed by atoms with E-state index in [1.807, 2.05) is 30.3 Å². The van der Waals surface area contributed by atoms with Gasteiger partial charge in [0, 0.05) is 36.3 Å². The number of aromatic nitrogens is 3. The van der Waals surface area contributed by atoms with Gasteiger partial charge in [0.05, 0.1) is 19.8 Å². The van der Waals surface area contributed by atoms with Gasteiger partial charge < -0.3 is 24.0 Å². The van der Waals surface area contributed by atoms with Crippen molar-refractivity contribution in [3.8, 4) is 11.5 Å². The number of rotatable bonds is 6. The molecule has 0 bridgehead atoms. The highest BCUT2D eigenvalue weighted by molar-refractivity contribution is 5.94. The Morgan fingerprint density at radius 2 is 1.90 bits per heavy atom. The van der Waals surface area contributed by atoms with Crippen LogP contribution in [0.4, 0.5) is 5.69 Å². The van der Waals surface area contributed by atoms with Crippen molar-refractivity contribution in [1.82, 2.24) is 20.6 Å². The Kier molecular flexibility index (Phi) is 4.73. The van der Waals surface area contributed by atoms with E-state index in [0.717, 1.165) is 50.6 Å². The molecule has 0 atom stereocenters. The van der Waals surface area contributed by atoms with Crippen LogP contribution in [-0.2, 0) is 11.3 Å². The van der Waals surface area contributed by atoms with Gasteiger partial charge in [0.1, 0.15) is 5.76 Å². The number of anilines is 1. The summed E-state index contributed by atoms with van der Waals surface area (Å²) in [5, 5.41) is 10.7. The second-order valence-corrected chi connectivity index (χ2v) is 7.23. The lowest BCUT2D eigenvalue weighted by Gasteiger charge is -2.28. The fourth-order valence-electron chi connectivity index (χ4n) is 3.29. The highest BCUT2D eigenvalue weighted by Crippen LogP contribution is 2.40. The molecule has 3 heterocycles. The maximum Gasteiger partial charge on any atom is 0.251 e. The summed E-state index contributed by atoms with van der Waals surface area (Å²) in [6.07, 6.45) is 2.26. The van der Waals surface area contributed by atoms with E-state index in [0.29, 0.717) is 28.9 Å². The SMILES string of the molecule is O=C(NCc1nc(-c2cc(C3CC3)on2)no1)c1ccc(N2CCOCC2)cc1. The second-order valence-electron chi connectivity index (χ2n) is 7.23. The van der Waals surface area contributed by atoms with Gasteiger partial charge in [-0.25, -0.2) is 0 Å². The Labute approximate surface area is 167 Å². The quantitative estimate of drug-likeness (QED) is 0.678. The zero-order valence-electron chi connectivity index (χ0n) is 15.8. The molecule has 9 heteroatoms. The Hall–Kier alpha value is -3.20. The molecule has 1 aliphatic heterocycles. The fraction of sp³-hybridized carbons (Fsp3) is 0.400. The lowest BCUT2D eigenvalue weighted by molar-refractivity contribution is 0.0946. The molecule has 1 saturated heterocycles. The predicted molar refractivity (Wildman–Crippen MR) is 102 cm³/mol. The second kappa shape index (κ2) is 7.67. The van der Waals surface area contributed by atoms with Gasteiger partial charge in [0.2, 0.25) is 11.7 Å². The van der Waals surface area contributed by atoms with Crippen molar-refractivity contribution in [3.63, 3.8) is 0 Å². The van der Waals surface area contributed by atoms with E-state index < -0.39 is 0 Å². The smallest absolute Gasteiger partial charge is 0.251 e. The van der Waals surface area contributed by atoms with Crippen molar-refractivity contribution in [3.05, 3.63) is 47.5 Å². The van der Waals surface area contributed by atoms with E-state index in [9.17, 15) is 4.79 Å².